The first-order valence-corrected chi connectivity index (χ1v) is 24.9. The van der Waals surface area contributed by atoms with Crippen molar-refractivity contribution in [3.63, 3.8) is 0 Å². The summed E-state index contributed by atoms with van der Waals surface area (Å²) in [5, 5.41) is 0. The molecule has 0 aromatic heterocycles. The van der Waals surface area contributed by atoms with Crippen molar-refractivity contribution in [2.75, 3.05) is 0 Å². The van der Waals surface area contributed by atoms with Crippen molar-refractivity contribution in [3.8, 4) is 11.1 Å². The first kappa shape index (κ1) is 35.9. The van der Waals surface area contributed by atoms with E-state index in [1.807, 2.05) is 0 Å². The van der Waals surface area contributed by atoms with Crippen LogP contribution in [0.2, 0.25) is 13.1 Å². The third-order valence-corrected chi connectivity index (χ3v) is 29.0. The van der Waals surface area contributed by atoms with Gasteiger partial charge in [-0.3, -0.25) is 0 Å². The largest absolute Gasteiger partial charge is 1.00 e. The topological polar surface area (TPSA) is 0 Å². The fraction of sp³-hybridized carbons (Fsp3) is 0.317. The van der Waals surface area contributed by atoms with Crippen LogP contribution in [0.4, 0.5) is 0 Å². The van der Waals surface area contributed by atoms with Crippen LogP contribution < -0.4 is 24.8 Å². The average Bonchev–Trinajstić information content (AvgIpc) is 3.50. The quantitative estimate of drug-likeness (QED) is 0.245. The zero-order valence-corrected chi connectivity index (χ0v) is 33.2. The summed E-state index contributed by atoms with van der Waals surface area (Å²) in [6.45, 7) is 21.4. The Morgan fingerprint density at radius 1 is 0.600 bits per heavy atom. The van der Waals surface area contributed by atoms with Crippen molar-refractivity contribution in [1.29, 1.82) is 0 Å². The Bertz CT molecular complexity index is 1790. The van der Waals surface area contributed by atoms with Crippen LogP contribution in [-0.2, 0) is 31.2 Å². The van der Waals surface area contributed by atoms with E-state index in [-0.39, 0.29) is 35.6 Å². The van der Waals surface area contributed by atoms with Gasteiger partial charge in [-0.1, -0.05) is 0 Å². The summed E-state index contributed by atoms with van der Waals surface area (Å²) in [6.07, 6.45) is 5.26. The zero-order chi connectivity index (χ0) is 30.7. The molecule has 0 bridgehead atoms. The van der Waals surface area contributed by atoms with Gasteiger partial charge in [-0.05, 0) is 0 Å². The normalized spacial score (nSPS) is 16.7. The van der Waals surface area contributed by atoms with Crippen LogP contribution in [0, 0.1) is 0 Å². The first-order valence-electron chi connectivity index (χ1n) is 15.9. The standard InChI is InChI=1S/C20H21.C19H19.C2H6Si.2ClH.Zr/c1-14-12-16-6-5-7-18(19(16)13-14)15-8-10-17(11-9-15)20(2,3)4;1-19(2,3)16-11-8-15(9-12-16)18-13-10-14-6-4-5-7-17(14)18;1-3-2;;;/h5-13H,1-4H3;4-13H,1-3H3;1-2H3;2*1H;/q;;;;;+2/p-2. The number of halogens is 2. The molecule has 0 aliphatic heterocycles. The smallest absolute Gasteiger partial charge is 1.00 e. The molecule has 4 aromatic carbocycles. The minimum absolute atomic E-state index is 0. The summed E-state index contributed by atoms with van der Waals surface area (Å²) < 4.78 is 1.24. The Labute approximate surface area is 292 Å². The van der Waals surface area contributed by atoms with Crippen LogP contribution in [0.15, 0.2) is 103 Å². The molecule has 232 valence electrons. The molecule has 0 spiro atoms. The van der Waals surface area contributed by atoms with E-state index >= 15 is 0 Å². The van der Waals surface area contributed by atoms with Gasteiger partial charge in [0.25, 0.3) is 0 Å². The van der Waals surface area contributed by atoms with Crippen LogP contribution in [0.25, 0.3) is 22.8 Å². The predicted octanol–water partition coefficient (Wildman–Crippen LogP) is 5.47. The molecule has 0 nitrogen and oxygen atoms in total. The van der Waals surface area contributed by atoms with Crippen LogP contribution >= 0.6 is 0 Å². The molecule has 2 unspecified atom stereocenters. The molecule has 45 heavy (non-hydrogen) atoms. The molecule has 2 aliphatic carbocycles. The van der Waals surface area contributed by atoms with Crippen molar-refractivity contribution >= 4 is 17.1 Å². The summed E-state index contributed by atoms with van der Waals surface area (Å²) in [5.74, 6) is 0. The van der Waals surface area contributed by atoms with Crippen molar-refractivity contribution in [1.82, 2.24) is 0 Å². The minimum Gasteiger partial charge on any atom is -1.00 e. The maximum atomic E-state index is 2.71. The van der Waals surface area contributed by atoms with Crippen LogP contribution in [0.5, 0.6) is 0 Å². The third-order valence-electron chi connectivity index (χ3n) is 9.54. The van der Waals surface area contributed by atoms with E-state index in [4.69, 9.17) is 0 Å². The van der Waals surface area contributed by atoms with Gasteiger partial charge in [-0.25, -0.2) is 0 Å². The Balaban J connectivity index is 0.00000230. The average molecular weight is 729 g/mol. The third kappa shape index (κ3) is 6.87. The molecular weight excluding hydrogens is 683 g/mol. The Morgan fingerprint density at radius 3 is 1.67 bits per heavy atom. The number of hydrogen-bond donors (Lipinski definition) is 0. The molecule has 0 N–H and O–H groups in total. The number of rotatable bonds is 4. The van der Waals surface area contributed by atoms with E-state index in [1.54, 1.807) is 16.7 Å². The molecule has 0 amide bonds. The second-order valence-electron chi connectivity index (χ2n) is 14.9. The maximum Gasteiger partial charge on any atom is -1.00 e. The Morgan fingerprint density at radius 2 is 1.11 bits per heavy atom. The fourth-order valence-corrected chi connectivity index (χ4v) is 26.9. The second-order valence-corrected chi connectivity index (χ2v) is 32.9. The van der Waals surface area contributed by atoms with Gasteiger partial charge in [0.1, 0.15) is 0 Å². The fourth-order valence-electron chi connectivity index (χ4n) is 7.16. The molecule has 4 heteroatoms. The van der Waals surface area contributed by atoms with Gasteiger partial charge in [-0.15, -0.1) is 0 Å². The predicted molar refractivity (Wildman–Crippen MR) is 186 cm³/mol. The van der Waals surface area contributed by atoms with Crippen LogP contribution in [-0.4, -0.2) is 5.43 Å². The number of hydrogen-bond acceptors (Lipinski definition) is 0. The van der Waals surface area contributed by atoms with Gasteiger partial charge in [0.2, 0.25) is 0 Å². The molecule has 0 saturated carbocycles. The minimum atomic E-state index is -2.12. The second kappa shape index (κ2) is 13.6. The van der Waals surface area contributed by atoms with Gasteiger partial charge < -0.3 is 24.8 Å². The van der Waals surface area contributed by atoms with Gasteiger partial charge in [0.15, 0.2) is 0 Å². The van der Waals surface area contributed by atoms with Crippen molar-refractivity contribution in [2.24, 2.45) is 0 Å². The van der Waals surface area contributed by atoms with Crippen molar-refractivity contribution in [2.45, 2.75) is 79.6 Å². The summed E-state index contributed by atoms with van der Waals surface area (Å²) in [6, 6.07) is 35.2. The monoisotopic (exact) mass is 726 g/mol. The number of benzene rings is 4. The van der Waals surface area contributed by atoms with Crippen LogP contribution in [0.1, 0.15) is 94.7 Å². The van der Waals surface area contributed by atoms with E-state index in [0.717, 1.165) is 0 Å². The summed E-state index contributed by atoms with van der Waals surface area (Å²) in [5.41, 5.74) is 15.9. The molecular formula is C41H46Cl2SiZr. The Hall–Kier alpha value is -1.96. The summed E-state index contributed by atoms with van der Waals surface area (Å²) >= 11 is -2.12. The molecule has 4 aromatic rings. The molecule has 2 aliphatic rings. The first-order chi connectivity index (χ1) is 20.3. The van der Waals surface area contributed by atoms with E-state index in [9.17, 15) is 0 Å². The summed E-state index contributed by atoms with van der Waals surface area (Å²) in [4.78, 5) is 0. The molecule has 0 radical (unpaired) electrons. The van der Waals surface area contributed by atoms with Crippen molar-refractivity contribution < 1.29 is 45.2 Å². The number of allylic oxidation sites excluding steroid dienone is 2. The molecule has 6 rings (SSSR count). The van der Waals surface area contributed by atoms with E-state index in [0.29, 0.717) is 7.25 Å². The molecule has 0 fully saturated rings. The molecule has 0 saturated heterocycles. The van der Waals surface area contributed by atoms with Crippen molar-refractivity contribution in [3.05, 3.63) is 142 Å². The van der Waals surface area contributed by atoms with E-state index in [2.05, 4.69) is 165 Å². The molecule has 0 heterocycles. The summed E-state index contributed by atoms with van der Waals surface area (Å²) in [7, 11) is 0. The molecule has 2 atom stereocenters. The van der Waals surface area contributed by atoms with Gasteiger partial charge in [-0.2, -0.15) is 0 Å². The van der Waals surface area contributed by atoms with E-state index in [1.165, 1.54) is 44.5 Å². The van der Waals surface area contributed by atoms with Gasteiger partial charge >= 0.3 is 270 Å². The maximum absolute atomic E-state index is 2.71. The van der Waals surface area contributed by atoms with Gasteiger partial charge in [0.05, 0.1) is 0 Å². The van der Waals surface area contributed by atoms with E-state index < -0.39 is 25.8 Å². The zero-order valence-electron chi connectivity index (χ0n) is 28.2. The van der Waals surface area contributed by atoms with Crippen LogP contribution in [0.3, 0.4) is 0 Å². The Kier molecular flexibility index (Phi) is 10.9. The SMILES string of the molecule is CC1=Cc2c(-c3ccc(C(C)(C)C)cc3)cccc2[CH]1[Zr+2]([CH]1C=C(c2ccc(C(C)(C)C)cc2)c2ccccc21)=[Si](C)C.[Cl-].[Cl-]. The number of fused-ring (bicyclic) bond motifs is 2. The van der Waals surface area contributed by atoms with Gasteiger partial charge in [0, 0.05) is 0 Å².